The molecule has 4 nitrogen and oxygen atoms in total. The minimum atomic E-state index is -4.81. The second-order valence-corrected chi connectivity index (χ2v) is 4.19. The highest BCUT2D eigenvalue weighted by atomic mass is 79.9. The lowest BCUT2D eigenvalue weighted by Gasteiger charge is -2.28. The molecule has 0 saturated heterocycles. The van der Waals surface area contributed by atoms with Crippen LogP contribution in [0.3, 0.4) is 0 Å². The zero-order chi connectivity index (χ0) is 11.9. The van der Waals surface area contributed by atoms with Gasteiger partial charge in [0.05, 0.1) is 12.7 Å². The minimum absolute atomic E-state index is 0.0420. The fourth-order valence-corrected chi connectivity index (χ4v) is 2.06. The van der Waals surface area contributed by atoms with E-state index in [9.17, 15) is 18.0 Å². The summed E-state index contributed by atoms with van der Waals surface area (Å²) in [6.07, 6.45) is -3.30. The number of nitrogens with zero attached hydrogens (tertiary/aromatic N) is 3. The van der Waals surface area contributed by atoms with Gasteiger partial charge < -0.3 is 9.47 Å². The summed E-state index contributed by atoms with van der Waals surface area (Å²) in [5.41, 5.74) is 0. The molecule has 1 amide bonds. The fraction of sp³-hybridized carbons (Fsp3) is 0.500. The van der Waals surface area contributed by atoms with Crippen LogP contribution in [0, 0.1) is 0 Å². The molecule has 0 spiro atoms. The molecule has 1 aromatic rings. The average molecular weight is 298 g/mol. The molecule has 0 N–H and O–H groups in total. The van der Waals surface area contributed by atoms with Crippen LogP contribution < -0.4 is 0 Å². The Labute approximate surface area is 97.2 Å². The summed E-state index contributed by atoms with van der Waals surface area (Å²) in [4.78, 5) is 15.7. The van der Waals surface area contributed by atoms with E-state index in [1.807, 2.05) is 0 Å². The second kappa shape index (κ2) is 3.76. The monoisotopic (exact) mass is 297 g/mol. The lowest BCUT2D eigenvalue weighted by molar-refractivity contribution is -0.187. The third-order valence-electron chi connectivity index (χ3n) is 2.35. The molecule has 1 aliphatic heterocycles. The molecule has 0 saturated carbocycles. The first-order chi connectivity index (χ1) is 7.39. The smallest absolute Gasteiger partial charge is 0.326 e. The molecule has 1 aliphatic rings. The number of aromatic nitrogens is 2. The van der Waals surface area contributed by atoms with Crippen molar-refractivity contribution in [1.82, 2.24) is 14.5 Å². The Morgan fingerprint density at radius 1 is 1.44 bits per heavy atom. The average Bonchev–Trinajstić information content (AvgIpc) is 2.57. The van der Waals surface area contributed by atoms with Gasteiger partial charge in [-0.15, -0.1) is 0 Å². The first-order valence-corrected chi connectivity index (χ1v) is 5.25. The van der Waals surface area contributed by atoms with Gasteiger partial charge in [-0.25, -0.2) is 4.98 Å². The predicted octanol–water partition coefficient (Wildman–Crippen LogP) is 1.55. The van der Waals surface area contributed by atoms with Crippen molar-refractivity contribution in [2.24, 2.45) is 0 Å². The molecule has 88 valence electrons. The van der Waals surface area contributed by atoms with Gasteiger partial charge in [0.2, 0.25) is 0 Å². The highest BCUT2D eigenvalue weighted by Gasteiger charge is 2.43. The van der Waals surface area contributed by atoms with Gasteiger partial charge in [-0.05, 0) is 15.9 Å². The van der Waals surface area contributed by atoms with Crippen molar-refractivity contribution in [2.45, 2.75) is 19.3 Å². The van der Waals surface area contributed by atoms with Crippen LogP contribution in [0.2, 0.25) is 0 Å². The van der Waals surface area contributed by atoms with E-state index >= 15 is 0 Å². The summed E-state index contributed by atoms with van der Waals surface area (Å²) in [6, 6.07) is 0. The maximum Gasteiger partial charge on any atom is 0.471 e. The van der Waals surface area contributed by atoms with Crippen molar-refractivity contribution in [2.75, 3.05) is 6.54 Å². The van der Waals surface area contributed by atoms with Crippen LogP contribution in [0.1, 0.15) is 5.82 Å². The summed E-state index contributed by atoms with van der Waals surface area (Å²) in [6.45, 7) is 0.252. The van der Waals surface area contributed by atoms with Crippen LogP contribution in [-0.2, 0) is 17.9 Å². The molecule has 0 radical (unpaired) electrons. The Kier molecular flexibility index (Phi) is 2.69. The summed E-state index contributed by atoms with van der Waals surface area (Å²) in [7, 11) is 0. The third kappa shape index (κ3) is 1.93. The van der Waals surface area contributed by atoms with E-state index in [2.05, 4.69) is 20.9 Å². The topological polar surface area (TPSA) is 38.1 Å². The zero-order valence-electron chi connectivity index (χ0n) is 7.96. The van der Waals surface area contributed by atoms with Gasteiger partial charge in [-0.1, -0.05) is 0 Å². The summed E-state index contributed by atoms with van der Waals surface area (Å²) < 4.78 is 39.0. The number of halogens is 4. The largest absolute Gasteiger partial charge is 0.471 e. The van der Waals surface area contributed by atoms with Gasteiger partial charge in [-0.3, -0.25) is 4.79 Å². The van der Waals surface area contributed by atoms with Crippen molar-refractivity contribution in [3.8, 4) is 0 Å². The highest BCUT2D eigenvalue weighted by molar-refractivity contribution is 9.10. The van der Waals surface area contributed by atoms with Crippen molar-refractivity contribution in [1.29, 1.82) is 0 Å². The van der Waals surface area contributed by atoms with Gasteiger partial charge in [-0.2, -0.15) is 13.2 Å². The van der Waals surface area contributed by atoms with Crippen LogP contribution in [0.4, 0.5) is 13.2 Å². The lowest BCUT2D eigenvalue weighted by atomic mass is 10.3. The van der Waals surface area contributed by atoms with E-state index < -0.39 is 12.1 Å². The minimum Gasteiger partial charge on any atom is -0.326 e. The van der Waals surface area contributed by atoms with Gasteiger partial charge in [0.1, 0.15) is 10.4 Å². The van der Waals surface area contributed by atoms with Crippen molar-refractivity contribution in [3.05, 3.63) is 16.6 Å². The Morgan fingerprint density at radius 2 is 2.12 bits per heavy atom. The normalized spacial score (nSPS) is 16.1. The number of amides is 1. The molecule has 0 fully saturated rings. The number of hydrogen-bond donors (Lipinski definition) is 0. The van der Waals surface area contributed by atoms with E-state index in [-0.39, 0.29) is 13.1 Å². The predicted molar refractivity (Wildman–Crippen MR) is 51.4 cm³/mol. The number of rotatable bonds is 0. The van der Waals surface area contributed by atoms with Gasteiger partial charge in [0, 0.05) is 13.1 Å². The number of hydrogen-bond acceptors (Lipinski definition) is 2. The Morgan fingerprint density at radius 3 is 2.75 bits per heavy atom. The third-order valence-corrected chi connectivity index (χ3v) is 2.98. The Balaban J connectivity index is 2.17. The molecule has 2 rings (SSSR count). The molecule has 2 heterocycles. The van der Waals surface area contributed by atoms with Crippen LogP contribution in [0.15, 0.2) is 10.8 Å². The number of carbonyl (C=O) groups excluding carboxylic acids is 1. The summed E-state index contributed by atoms with van der Waals surface area (Å²) in [5, 5.41) is 0. The quantitative estimate of drug-likeness (QED) is 0.729. The second-order valence-electron chi connectivity index (χ2n) is 3.37. The van der Waals surface area contributed by atoms with Gasteiger partial charge >= 0.3 is 12.1 Å². The molecular formula is C8H7BrF3N3O. The lowest BCUT2D eigenvalue weighted by Crippen LogP contribution is -2.45. The van der Waals surface area contributed by atoms with E-state index in [4.69, 9.17) is 0 Å². The molecule has 0 unspecified atom stereocenters. The van der Waals surface area contributed by atoms with Crippen LogP contribution >= 0.6 is 15.9 Å². The molecule has 0 aliphatic carbocycles. The van der Waals surface area contributed by atoms with Gasteiger partial charge in [0.25, 0.3) is 0 Å². The van der Waals surface area contributed by atoms with Crippen LogP contribution in [-0.4, -0.2) is 33.1 Å². The summed E-state index contributed by atoms with van der Waals surface area (Å²) in [5.74, 6) is -1.35. The molecule has 16 heavy (non-hydrogen) atoms. The first-order valence-electron chi connectivity index (χ1n) is 4.45. The maximum absolute atomic E-state index is 12.2. The van der Waals surface area contributed by atoms with Crippen LogP contribution in [0.25, 0.3) is 0 Å². The molecule has 0 bridgehead atoms. The van der Waals surface area contributed by atoms with Crippen molar-refractivity contribution in [3.63, 3.8) is 0 Å². The van der Waals surface area contributed by atoms with E-state index in [1.165, 1.54) is 6.20 Å². The molecule has 8 heteroatoms. The number of alkyl halides is 3. The molecule has 1 aromatic heterocycles. The first kappa shape index (κ1) is 11.4. The molecule has 0 aromatic carbocycles. The molecular weight excluding hydrogens is 291 g/mol. The number of carbonyl (C=O) groups is 1. The summed E-state index contributed by atoms with van der Waals surface area (Å²) >= 11 is 3.22. The fourth-order valence-electron chi connectivity index (χ4n) is 1.58. The Bertz CT molecular complexity index is 429. The highest BCUT2D eigenvalue weighted by Crippen LogP contribution is 2.23. The van der Waals surface area contributed by atoms with Crippen LogP contribution in [0.5, 0.6) is 0 Å². The molecule has 0 atom stereocenters. The van der Waals surface area contributed by atoms with E-state index in [1.54, 1.807) is 4.57 Å². The standard InChI is InChI=1S/C8H7BrF3N3O/c9-5-3-13-6-4-14(1-2-15(5)6)7(16)8(10,11)12/h3H,1-2,4H2. The SMILES string of the molecule is O=C(N1CCn2c(Br)cnc2C1)C(F)(F)F. The Hall–Kier alpha value is -1.05. The zero-order valence-corrected chi connectivity index (χ0v) is 9.55. The van der Waals surface area contributed by atoms with Crippen molar-refractivity contribution < 1.29 is 18.0 Å². The van der Waals surface area contributed by atoms with Gasteiger partial charge in [0.15, 0.2) is 0 Å². The maximum atomic E-state index is 12.2. The number of imidazole rings is 1. The van der Waals surface area contributed by atoms with Crippen molar-refractivity contribution >= 4 is 21.8 Å². The number of fused-ring (bicyclic) bond motifs is 1. The van der Waals surface area contributed by atoms with E-state index in [0.29, 0.717) is 17.0 Å². The van der Waals surface area contributed by atoms with E-state index in [0.717, 1.165) is 4.90 Å².